The quantitative estimate of drug-likeness (QED) is 0.704. The third kappa shape index (κ3) is 3.93. The van der Waals surface area contributed by atoms with Crippen LogP contribution < -0.4 is 5.32 Å². The van der Waals surface area contributed by atoms with E-state index in [1.165, 1.54) is 13.8 Å². The number of amides is 4. The average molecular weight is 299 g/mol. The Morgan fingerprint density at radius 2 is 1.95 bits per heavy atom. The van der Waals surface area contributed by atoms with E-state index in [1.54, 1.807) is 0 Å². The van der Waals surface area contributed by atoms with Crippen molar-refractivity contribution in [1.82, 2.24) is 15.1 Å². The van der Waals surface area contributed by atoms with Gasteiger partial charge in [-0.1, -0.05) is 13.8 Å². The van der Waals surface area contributed by atoms with Crippen LogP contribution in [0.25, 0.3) is 0 Å². The highest BCUT2D eigenvalue weighted by Crippen LogP contribution is 2.20. The number of carbonyl (C=O) groups is 4. The van der Waals surface area contributed by atoms with E-state index in [1.807, 2.05) is 13.8 Å². The SMILES string of the molecule is CC(C)CN(CC(=O)O)C(=O)N1CC(=O)NC(=O)C1(C)C. The number of rotatable bonds is 4. The molecule has 8 heteroatoms. The molecule has 1 fully saturated rings. The van der Waals surface area contributed by atoms with E-state index in [0.717, 1.165) is 9.80 Å². The van der Waals surface area contributed by atoms with Crippen LogP contribution in [0.1, 0.15) is 27.7 Å². The first-order valence-electron chi connectivity index (χ1n) is 6.68. The molecule has 2 N–H and O–H groups in total. The van der Waals surface area contributed by atoms with Crippen LogP contribution in [0.15, 0.2) is 0 Å². The molecule has 0 bridgehead atoms. The Kier molecular flexibility index (Phi) is 4.93. The van der Waals surface area contributed by atoms with E-state index in [2.05, 4.69) is 5.32 Å². The fourth-order valence-electron chi connectivity index (χ4n) is 2.07. The van der Waals surface area contributed by atoms with Gasteiger partial charge in [-0.25, -0.2) is 4.79 Å². The maximum absolute atomic E-state index is 12.5. The minimum absolute atomic E-state index is 0.0609. The van der Waals surface area contributed by atoms with Crippen molar-refractivity contribution in [1.29, 1.82) is 0 Å². The summed E-state index contributed by atoms with van der Waals surface area (Å²) in [5.41, 5.74) is -1.21. The summed E-state index contributed by atoms with van der Waals surface area (Å²) in [7, 11) is 0. The first-order valence-corrected chi connectivity index (χ1v) is 6.68. The predicted molar refractivity (Wildman–Crippen MR) is 73.4 cm³/mol. The van der Waals surface area contributed by atoms with E-state index in [4.69, 9.17) is 5.11 Å². The monoisotopic (exact) mass is 299 g/mol. The molecular formula is C13H21N3O5. The molecule has 0 aromatic rings. The van der Waals surface area contributed by atoms with Crippen molar-refractivity contribution < 1.29 is 24.3 Å². The summed E-state index contributed by atoms with van der Waals surface area (Å²) in [5, 5.41) is 11.1. The van der Waals surface area contributed by atoms with Crippen molar-refractivity contribution in [2.45, 2.75) is 33.2 Å². The molecule has 4 amide bonds. The lowest BCUT2D eigenvalue weighted by atomic mass is 9.99. The lowest BCUT2D eigenvalue weighted by molar-refractivity contribution is -0.143. The molecule has 1 saturated heterocycles. The van der Waals surface area contributed by atoms with Crippen LogP contribution in [0.5, 0.6) is 0 Å². The van der Waals surface area contributed by atoms with Crippen LogP contribution in [-0.4, -0.2) is 63.9 Å². The summed E-state index contributed by atoms with van der Waals surface area (Å²) in [6, 6.07) is -0.626. The molecule has 0 aliphatic carbocycles. The molecule has 0 radical (unpaired) electrons. The van der Waals surface area contributed by atoms with Crippen LogP contribution in [0.2, 0.25) is 0 Å². The third-order valence-electron chi connectivity index (χ3n) is 3.20. The normalized spacial score (nSPS) is 17.7. The Balaban J connectivity index is 3.02. The van der Waals surface area contributed by atoms with E-state index in [9.17, 15) is 19.2 Å². The first kappa shape index (κ1) is 16.9. The zero-order valence-corrected chi connectivity index (χ0v) is 12.7. The van der Waals surface area contributed by atoms with Gasteiger partial charge in [-0.3, -0.25) is 19.7 Å². The summed E-state index contributed by atoms with van der Waals surface area (Å²) >= 11 is 0. The molecule has 0 atom stereocenters. The van der Waals surface area contributed by atoms with E-state index in [0.29, 0.717) is 0 Å². The van der Waals surface area contributed by atoms with Gasteiger partial charge in [0.15, 0.2) is 0 Å². The third-order valence-corrected chi connectivity index (χ3v) is 3.20. The number of nitrogens with zero attached hydrogens (tertiary/aromatic N) is 2. The number of hydrogen-bond acceptors (Lipinski definition) is 4. The van der Waals surface area contributed by atoms with Gasteiger partial charge in [-0.2, -0.15) is 0 Å². The molecule has 8 nitrogen and oxygen atoms in total. The standard InChI is InChI=1S/C13H21N3O5/c1-8(2)5-15(7-10(18)19)12(21)16-6-9(17)14-11(20)13(16,3)4/h8H,5-7H2,1-4H3,(H,18,19)(H,14,17,20). The number of aliphatic carboxylic acids is 1. The van der Waals surface area contributed by atoms with Gasteiger partial charge in [0, 0.05) is 6.54 Å². The second-order valence-electron chi connectivity index (χ2n) is 5.97. The van der Waals surface area contributed by atoms with E-state index in [-0.39, 0.29) is 19.0 Å². The predicted octanol–water partition coefficient (Wildman–Crippen LogP) is -0.114. The molecular weight excluding hydrogens is 278 g/mol. The van der Waals surface area contributed by atoms with Crippen molar-refractivity contribution in [2.24, 2.45) is 5.92 Å². The summed E-state index contributed by atoms with van der Waals surface area (Å²) in [4.78, 5) is 49.0. The van der Waals surface area contributed by atoms with Gasteiger partial charge in [0.2, 0.25) is 5.91 Å². The Morgan fingerprint density at radius 1 is 1.38 bits per heavy atom. The van der Waals surface area contributed by atoms with Crippen LogP contribution in [0.3, 0.4) is 0 Å². The number of urea groups is 1. The zero-order valence-electron chi connectivity index (χ0n) is 12.7. The molecule has 0 spiro atoms. The molecule has 21 heavy (non-hydrogen) atoms. The topological polar surface area (TPSA) is 107 Å². The fourth-order valence-corrected chi connectivity index (χ4v) is 2.07. The van der Waals surface area contributed by atoms with Crippen molar-refractivity contribution in [3.8, 4) is 0 Å². The highest BCUT2D eigenvalue weighted by Gasteiger charge is 2.45. The van der Waals surface area contributed by atoms with E-state index < -0.39 is 35.9 Å². The largest absolute Gasteiger partial charge is 0.480 e. The van der Waals surface area contributed by atoms with Gasteiger partial charge in [0.25, 0.3) is 5.91 Å². The van der Waals surface area contributed by atoms with Crippen molar-refractivity contribution in [3.63, 3.8) is 0 Å². The number of imide groups is 1. The van der Waals surface area contributed by atoms with Gasteiger partial charge in [0.1, 0.15) is 18.6 Å². The van der Waals surface area contributed by atoms with Crippen molar-refractivity contribution >= 4 is 23.8 Å². The molecule has 1 aliphatic rings. The Morgan fingerprint density at radius 3 is 2.43 bits per heavy atom. The first-order chi connectivity index (χ1) is 9.55. The summed E-state index contributed by atoms with van der Waals surface area (Å²) in [5.74, 6) is -2.24. The lowest BCUT2D eigenvalue weighted by Crippen LogP contribution is -2.67. The van der Waals surface area contributed by atoms with Crippen LogP contribution >= 0.6 is 0 Å². The highest BCUT2D eigenvalue weighted by atomic mass is 16.4. The van der Waals surface area contributed by atoms with Crippen molar-refractivity contribution in [2.75, 3.05) is 19.6 Å². The second kappa shape index (κ2) is 6.11. The highest BCUT2D eigenvalue weighted by molar-refractivity contribution is 6.06. The van der Waals surface area contributed by atoms with Gasteiger partial charge in [-0.05, 0) is 19.8 Å². The number of nitrogens with one attached hydrogen (secondary N) is 1. The fraction of sp³-hybridized carbons (Fsp3) is 0.692. The van der Waals surface area contributed by atoms with Gasteiger partial charge in [0.05, 0.1) is 0 Å². The molecule has 0 aromatic carbocycles. The van der Waals surface area contributed by atoms with Gasteiger partial charge in [-0.15, -0.1) is 0 Å². The molecule has 1 rings (SSSR count). The smallest absolute Gasteiger partial charge is 0.323 e. The number of carboxylic acids is 1. The molecule has 0 unspecified atom stereocenters. The van der Waals surface area contributed by atoms with Crippen LogP contribution in [0.4, 0.5) is 4.79 Å². The lowest BCUT2D eigenvalue weighted by Gasteiger charge is -2.42. The van der Waals surface area contributed by atoms with E-state index >= 15 is 0 Å². The molecule has 0 saturated carbocycles. The molecule has 1 heterocycles. The number of hydrogen-bond donors (Lipinski definition) is 2. The average Bonchev–Trinajstić information content (AvgIpc) is 2.31. The van der Waals surface area contributed by atoms with Gasteiger partial charge >= 0.3 is 12.0 Å². The maximum Gasteiger partial charge on any atom is 0.323 e. The number of carboxylic acid groups (broad SMARTS) is 1. The summed E-state index contributed by atoms with van der Waals surface area (Å²) in [6.45, 7) is 6.21. The zero-order chi connectivity index (χ0) is 16.4. The second-order valence-corrected chi connectivity index (χ2v) is 5.97. The summed E-state index contributed by atoms with van der Waals surface area (Å²) in [6.07, 6.45) is 0. The number of carbonyl (C=O) groups excluding carboxylic acids is 3. The van der Waals surface area contributed by atoms with Crippen LogP contribution in [-0.2, 0) is 14.4 Å². The minimum Gasteiger partial charge on any atom is -0.480 e. The Bertz CT molecular complexity index is 472. The molecule has 0 aromatic heterocycles. The Labute approximate surface area is 123 Å². The molecule has 118 valence electrons. The molecule has 1 aliphatic heterocycles. The van der Waals surface area contributed by atoms with Crippen molar-refractivity contribution in [3.05, 3.63) is 0 Å². The van der Waals surface area contributed by atoms with Crippen LogP contribution in [0, 0.1) is 5.92 Å². The number of piperazine rings is 1. The summed E-state index contributed by atoms with van der Waals surface area (Å²) < 4.78 is 0. The van der Waals surface area contributed by atoms with Gasteiger partial charge < -0.3 is 14.9 Å². The maximum atomic E-state index is 12.5. The minimum atomic E-state index is -1.21. The Hall–Kier alpha value is -2.12.